The van der Waals surface area contributed by atoms with Crippen molar-refractivity contribution in [2.45, 2.75) is 11.5 Å². The van der Waals surface area contributed by atoms with Crippen molar-refractivity contribution in [3.05, 3.63) is 27.8 Å². The van der Waals surface area contributed by atoms with Crippen LogP contribution in [0, 0.1) is 21.4 Å². The normalized spacial score (nSPS) is 11.1. The first kappa shape index (κ1) is 15.1. The second kappa shape index (κ2) is 5.33. The van der Waals surface area contributed by atoms with Gasteiger partial charge in [0.15, 0.2) is 0 Å². The molecule has 11 heteroatoms. The minimum Gasteiger partial charge on any atom is -0.435 e. The summed E-state index contributed by atoms with van der Waals surface area (Å²) >= 11 is 0. The van der Waals surface area contributed by atoms with E-state index < -0.39 is 42.5 Å². The largest absolute Gasteiger partial charge is 0.435 e. The summed E-state index contributed by atoms with van der Waals surface area (Å²) in [6.45, 7) is -3.32. The molecule has 0 aliphatic carbocycles. The Hall–Kier alpha value is -1.99. The Morgan fingerprint density at radius 3 is 2.42 bits per heavy atom. The van der Waals surface area contributed by atoms with E-state index in [-0.39, 0.29) is 0 Å². The monoisotopic (exact) mass is 312 g/mol. The number of nitro groups is 1. The number of benzene rings is 1. The van der Waals surface area contributed by atoms with Crippen molar-refractivity contribution in [2.24, 2.45) is 0 Å². The molecule has 102 valence electrons. The van der Waals surface area contributed by atoms with Crippen LogP contribution in [0.4, 0.5) is 14.5 Å². The summed E-state index contributed by atoms with van der Waals surface area (Å²) in [6, 6.07) is 2.31. The fourth-order valence-corrected chi connectivity index (χ4v) is 2.21. The molecule has 0 atom stereocenters. The van der Waals surface area contributed by atoms with E-state index in [4.69, 9.17) is 15.9 Å². The molecule has 0 bridgehead atoms. The number of hydrogen-bond donors (Lipinski definition) is 0. The molecular formula is C8H3ClF2N2O5S. The molecule has 1 aromatic rings. The quantitative estimate of drug-likeness (QED) is 0.477. The number of alkyl halides is 2. The van der Waals surface area contributed by atoms with E-state index in [2.05, 4.69) is 4.74 Å². The molecule has 1 aromatic carbocycles. The van der Waals surface area contributed by atoms with E-state index in [0.717, 1.165) is 0 Å². The zero-order valence-electron chi connectivity index (χ0n) is 8.71. The summed E-state index contributed by atoms with van der Waals surface area (Å²) in [7, 11) is 0.444. The Morgan fingerprint density at radius 1 is 1.47 bits per heavy atom. The maximum absolute atomic E-state index is 12.0. The third-order valence-electron chi connectivity index (χ3n) is 1.85. The van der Waals surface area contributed by atoms with Gasteiger partial charge in [-0.05, 0) is 0 Å². The summed E-state index contributed by atoms with van der Waals surface area (Å²) in [5.74, 6) is -0.792. The first-order valence-corrected chi connectivity index (χ1v) is 6.59. The summed E-state index contributed by atoms with van der Waals surface area (Å²) in [5, 5.41) is 19.4. The van der Waals surface area contributed by atoms with Crippen molar-refractivity contribution in [3.63, 3.8) is 0 Å². The van der Waals surface area contributed by atoms with Crippen LogP contribution in [0.3, 0.4) is 0 Å². The van der Waals surface area contributed by atoms with Crippen molar-refractivity contribution in [1.82, 2.24) is 0 Å². The molecule has 0 aromatic heterocycles. The van der Waals surface area contributed by atoms with Gasteiger partial charge in [0.1, 0.15) is 22.3 Å². The van der Waals surface area contributed by atoms with Crippen LogP contribution in [0.5, 0.6) is 5.75 Å². The lowest BCUT2D eigenvalue weighted by molar-refractivity contribution is -0.385. The molecule has 0 fully saturated rings. The van der Waals surface area contributed by atoms with E-state index >= 15 is 0 Å². The maximum Gasteiger partial charge on any atom is 0.387 e. The molecule has 0 radical (unpaired) electrons. The molecule has 0 unspecified atom stereocenters. The molecule has 1 rings (SSSR count). The molecule has 0 saturated heterocycles. The van der Waals surface area contributed by atoms with Gasteiger partial charge >= 0.3 is 6.61 Å². The molecule has 0 saturated carbocycles. The molecule has 0 N–H and O–H groups in total. The number of halogens is 3. The lowest BCUT2D eigenvalue weighted by Crippen LogP contribution is -2.06. The lowest BCUT2D eigenvalue weighted by Gasteiger charge is -2.07. The van der Waals surface area contributed by atoms with E-state index in [1.165, 1.54) is 6.07 Å². The van der Waals surface area contributed by atoms with Gasteiger partial charge in [0.05, 0.1) is 11.0 Å². The fourth-order valence-electron chi connectivity index (χ4n) is 1.20. The predicted octanol–water partition coefficient (Wildman–Crippen LogP) is 2.00. The minimum atomic E-state index is -4.54. The van der Waals surface area contributed by atoms with Gasteiger partial charge in [0, 0.05) is 16.7 Å². The fraction of sp³-hybridized carbons (Fsp3) is 0.125. The molecular weight excluding hydrogens is 310 g/mol. The average Bonchev–Trinajstić information content (AvgIpc) is 2.25. The highest BCUT2D eigenvalue weighted by Crippen LogP contribution is 2.33. The maximum atomic E-state index is 12.0. The van der Waals surface area contributed by atoms with Gasteiger partial charge in [-0.2, -0.15) is 14.0 Å². The summed E-state index contributed by atoms with van der Waals surface area (Å²) in [4.78, 5) is 8.59. The van der Waals surface area contributed by atoms with Crippen molar-refractivity contribution in [2.75, 3.05) is 0 Å². The van der Waals surface area contributed by atoms with Crippen molar-refractivity contribution in [1.29, 1.82) is 5.26 Å². The van der Waals surface area contributed by atoms with Gasteiger partial charge in [0.25, 0.3) is 14.7 Å². The van der Waals surface area contributed by atoms with Crippen LogP contribution in [0.1, 0.15) is 5.56 Å². The highest BCUT2D eigenvalue weighted by atomic mass is 35.7. The zero-order valence-corrected chi connectivity index (χ0v) is 10.3. The SMILES string of the molecule is N#Cc1c([N+](=O)[O-])cc(OC(F)F)cc1S(=O)(=O)Cl. The van der Waals surface area contributed by atoms with E-state index in [1.807, 2.05) is 0 Å². The second-order valence-corrected chi connectivity index (χ2v) is 5.54. The molecule has 19 heavy (non-hydrogen) atoms. The summed E-state index contributed by atoms with van der Waals surface area (Å²) in [6.07, 6.45) is 0. The Kier molecular flexibility index (Phi) is 4.23. The Labute approximate surface area is 109 Å². The third-order valence-corrected chi connectivity index (χ3v) is 3.20. The minimum absolute atomic E-state index is 0.510. The Bertz CT molecular complexity index is 670. The van der Waals surface area contributed by atoms with Crippen LogP contribution in [-0.4, -0.2) is 20.0 Å². The molecule has 0 amide bonds. The van der Waals surface area contributed by atoms with Gasteiger partial charge in [-0.15, -0.1) is 0 Å². The molecule has 0 aliphatic heterocycles. The van der Waals surface area contributed by atoms with Crippen LogP contribution in [0.2, 0.25) is 0 Å². The van der Waals surface area contributed by atoms with Crippen LogP contribution < -0.4 is 4.74 Å². The van der Waals surface area contributed by atoms with Gasteiger partial charge < -0.3 is 4.74 Å². The van der Waals surface area contributed by atoms with Gasteiger partial charge in [-0.25, -0.2) is 8.42 Å². The van der Waals surface area contributed by atoms with Crippen LogP contribution in [-0.2, 0) is 9.05 Å². The Morgan fingerprint density at radius 2 is 2.05 bits per heavy atom. The third kappa shape index (κ3) is 3.49. The first-order chi connectivity index (χ1) is 8.66. The van der Waals surface area contributed by atoms with E-state index in [9.17, 15) is 27.3 Å². The van der Waals surface area contributed by atoms with Gasteiger partial charge in [-0.3, -0.25) is 10.1 Å². The smallest absolute Gasteiger partial charge is 0.387 e. The average molecular weight is 313 g/mol. The standard InChI is InChI=1S/C8H3ClF2N2O5S/c9-19(16,17)7-2-4(18-8(10)11)1-6(13(14)15)5(7)3-12/h1-2,8H. The molecule has 0 heterocycles. The topological polar surface area (TPSA) is 110 Å². The van der Waals surface area contributed by atoms with Crippen molar-refractivity contribution in [3.8, 4) is 11.8 Å². The lowest BCUT2D eigenvalue weighted by atomic mass is 10.2. The number of nitro benzene ring substituents is 1. The first-order valence-electron chi connectivity index (χ1n) is 4.29. The van der Waals surface area contributed by atoms with Crippen molar-refractivity contribution >= 4 is 25.4 Å². The van der Waals surface area contributed by atoms with Crippen LogP contribution >= 0.6 is 10.7 Å². The number of nitriles is 1. The highest BCUT2D eigenvalue weighted by Gasteiger charge is 2.27. The summed E-state index contributed by atoms with van der Waals surface area (Å²) in [5.41, 5.74) is -1.86. The highest BCUT2D eigenvalue weighted by molar-refractivity contribution is 8.13. The Balaban J connectivity index is 3.66. The van der Waals surface area contributed by atoms with Gasteiger partial charge in [0.2, 0.25) is 0 Å². The predicted molar refractivity (Wildman–Crippen MR) is 57.5 cm³/mol. The van der Waals surface area contributed by atoms with E-state index in [1.54, 1.807) is 0 Å². The summed E-state index contributed by atoms with van der Waals surface area (Å²) < 4.78 is 50.3. The van der Waals surface area contributed by atoms with Crippen LogP contribution in [0.25, 0.3) is 0 Å². The molecule has 0 aliphatic rings. The number of rotatable bonds is 4. The second-order valence-electron chi connectivity index (χ2n) is 3.00. The number of ether oxygens (including phenoxy) is 1. The van der Waals surface area contributed by atoms with Crippen molar-refractivity contribution < 1.29 is 26.9 Å². The van der Waals surface area contributed by atoms with Gasteiger partial charge in [-0.1, -0.05) is 0 Å². The number of hydrogen-bond acceptors (Lipinski definition) is 6. The zero-order chi connectivity index (χ0) is 14.8. The number of nitrogens with zero attached hydrogens (tertiary/aromatic N) is 2. The van der Waals surface area contributed by atoms with Crippen LogP contribution in [0.15, 0.2) is 17.0 Å². The molecule has 7 nitrogen and oxygen atoms in total. The van der Waals surface area contributed by atoms with E-state index in [0.29, 0.717) is 12.1 Å². The molecule has 0 spiro atoms.